The van der Waals surface area contributed by atoms with Crippen LogP contribution in [0.15, 0.2) is 18.2 Å². The van der Waals surface area contributed by atoms with Crippen LogP contribution in [-0.2, 0) is 0 Å². The summed E-state index contributed by atoms with van der Waals surface area (Å²) in [4.78, 5) is 0. The number of rotatable bonds is 3. The largest absolute Gasteiger partial charge is 0.486 e. The standard InChI is InChI=1S/C15H22N2O2S2/c1-9-10(2)21-14(8-20-9)15(17-16)11-3-4-12-13(7-11)19-6-5-18-12/h3-4,7,9-10,14-15,17H,5-6,8,16H2,1-2H3. The normalized spacial score (nSPS) is 30.0. The number of hydrazine groups is 1. The smallest absolute Gasteiger partial charge is 0.161 e. The second-order valence-corrected chi connectivity index (χ2v) is 8.50. The maximum Gasteiger partial charge on any atom is 0.161 e. The molecule has 2 heterocycles. The lowest BCUT2D eigenvalue weighted by molar-refractivity contribution is 0.171. The molecule has 2 aliphatic rings. The summed E-state index contributed by atoms with van der Waals surface area (Å²) < 4.78 is 11.3. The van der Waals surface area contributed by atoms with Crippen LogP contribution in [-0.4, -0.2) is 34.7 Å². The predicted molar refractivity (Wildman–Crippen MR) is 90.3 cm³/mol. The van der Waals surface area contributed by atoms with E-state index in [0.717, 1.165) is 17.3 Å². The van der Waals surface area contributed by atoms with E-state index in [9.17, 15) is 0 Å². The van der Waals surface area contributed by atoms with E-state index in [1.54, 1.807) is 0 Å². The van der Waals surface area contributed by atoms with Crippen LogP contribution in [0.25, 0.3) is 0 Å². The minimum atomic E-state index is 0.133. The second kappa shape index (κ2) is 6.69. The van der Waals surface area contributed by atoms with Crippen molar-refractivity contribution in [1.29, 1.82) is 0 Å². The summed E-state index contributed by atoms with van der Waals surface area (Å²) in [6.07, 6.45) is 0. The van der Waals surface area contributed by atoms with E-state index >= 15 is 0 Å². The van der Waals surface area contributed by atoms with Crippen LogP contribution in [0.5, 0.6) is 11.5 Å². The van der Waals surface area contributed by atoms with E-state index < -0.39 is 0 Å². The van der Waals surface area contributed by atoms with Gasteiger partial charge >= 0.3 is 0 Å². The third-order valence-electron chi connectivity index (χ3n) is 4.05. The quantitative estimate of drug-likeness (QED) is 0.658. The lowest BCUT2D eigenvalue weighted by Crippen LogP contribution is -2.40. The molecule has 0 radical (unpaired) electrons. The molecule has 1 saturated heterocycles. The van der Waals surface area contributed by atoms with Crippen LogP contribution in [0.4, 0.5) is 0 Å². The number of nitrogens with one attached hydrogen (secondary N) is 1. The van der Waals surface area contributed by atoms with Gasteiger partial charge in [-0.15, -0.1) is 0 Å². The fourth-order valence-electron chi connectivity index (χ4n) is 2.65. The summed E-state index contributed by atoms with van der Waals surface area (Å²) in [7, 11) is 0. The fourth-order valence-corrected chi connectivity index (χ4v) is 5.75. The van der Waals surface area contributed by atoms with E-state index in [0.29, 0.717) is 29.0 Å². The zero-order valence-electron chi connectivity index (χ0n) is 12.4. The molecule has 0 saturated carbocycles. The molecule has 0 aliphatic carbocycles. The molecule has 0 spiro atoms. The van der Waals surface area contributed by atoms with Crippen LogP contribution in [0.3, 0.4) is 0 Å². The van der Waals surface area contributed by atoms with Gasteiger partial charge in [-0.3, -0.25) is 11.3 Å². The maximum atomic E-state index is 5.85. The molecule has 1 fully saturated rings. The van der Waals surface area contributed by atoms with Crippen molar-refractivity contribution in [3.63, 3.8) is 0 Å². The van der Waals surface area contributed by atoms with Crippen LogP contribution in [0.2, 0.25) is 0 Å². The molecule has 21 heavy (non-hydrogen) atoms. The monoisotopic (exact) mass is 326 g/mol. The first-order valence-electron chi connectivity index (χ1n) is 7.32. The van der Waals surface area contributed by atoms with Crippen molar-refractivity contribution >= 4 is 23.5 Å². The van der Waals surface area contributed by atoms with E-state index in [1.165, 1.54) is 5.56 Å². The van der Waals surface area contributed by atoms with Gasteiger partial charge < -0.3 is 9.47 Å². The highest BCUT2D eigenvalue weighted by Crippen LogP contribution is 2.42. The third kappa shape index (κ3) is 3.28. The first kappa shape index (κ1) is 15.3. The summed E-state index contributed by atoms with van der Waals surface area (Å²) >= 11 is 4.05. The van der Waals surface area contributed by atoms with Crippen molar-refractivity contribution < 1.29 is 9.47 Å². The van der Waals surface area contributed by atoms with Crippen LogP contribution in [0.1, 0.15) is 25.5 Å². The van der Waals surface area contributed by atoms with Gasteiger partial charge in [-0.2, -0.15) is 23.5 Å². The number of hydrogen-bond acceptors (Lipinski definition) is 6. The Morgan fingerprint density at radius 2 is 1.95 bits per heavy atom. The van der Waals surface area contributed by atoms with Gasteiger partial charge in [0.05, 0.1) is 6.04 Å². The second-order valence-electron chi connectivity index (χ2n) is 5.47. The Balaban J connectivity index is 1.79. The fraction of sp³-hybridized carbons (Fsp3) is 0.600. The first-order chi connectivity index (χ1) is 10.2. The van der Waals surface area contributed by atoms with Crippen LogP contribution < -0.4 is 20.7 Å². The third-order valence-corrected chi connectivity index (χ3v) is 7.55. The van der Waals surface area contributed by atoms with Crippen molar-refractivity contribution in [1.82, 2.24) is 5.43 Å². The number of nitrogens with two attached hydrogens (primary N) is 1. The summed E-state index contributed by atoms with van der Waals surface area (Å²) in [6, 6.07) is 6.27. The van der Waals surface area contributed by atoms with Crippen molar-refractivity contribution in [3.05, 3.63) is 23.8 Å². The van der Waals surface area contributed by atoms with Gasteiger partial charge in [0.1, 0.15) is 13.2 Å². The van der Waals surface area contributed by atoms with Gasteiger partial charge in [0, 0.05) is 21.5 Å². The van der Waals surface area contributed by atoms with Gasteiger partial charge in [0.25, 0.3) is 0 Å². The molecule has 4 unspecified atom stereocenters. The highest BCUT2D eigenvalue weighted by Gasteiger charge is 2.32. The van der Waals surface area contributed by atoms with Crippen LogP contribution in [0, 0.1) is 0 Å². The molecule has 4 atom stereocenters. The number of hydrogen-bond donors (Lipinski definition) is 2. The maximum absolute atomic E-state index is 5.85. The Morgan fingerprint density at radius 3 is 2.67 bits per heavy atom. The van der Waals surface area contributed by atoms with Crippen molar-refractivity contribution in [3.8, 4) is 11.5 Å². The molecule has 1 aromatic carbocycles. The van der Waals surface area contributed by atoms with Gasteiger partial charge in [-0.05, 0) is 17.7 Å². The lowest BCUT2D eigenvalue weighted by Gasteiger charge is -2.36. The molecule has 0 aromatic heterocycles. The molecular weight excluding hydrogens is 304 g/mol. The van der Waals surface area contributed by atoms with Gasteiger partial charge in [-0.1, -0.05) is 19.9 Å². The Bertz CT molecular complexity index is 501. The predicted octanol–water partition coefficient (Wildman–Crippen LogP) is 2.59. The molecule has 0 amide bonds. The Morgan fingerprint density at radius 1 is 1.19 bits per heavy atom. The summed E-state index contributed by atoms with van der Waals surface area (Å²) in [5.41, 5.74) is 4.17. The van der Waals surface area contributed by atoms with Gasteiger partial charge in [0.15, 0.2) is 11.5 Å². The number of fused-ring (bicyclic) bond motifs is 1. The summed E-state index contributed by atoms with van der Waals surface area (Å²) in [6.45, 7) is 5.83. The van der Waals surface area contributed by atoms with Crippen molar-refractivity contribution in [2.24, 2.45) is 5.84 Å². The lowest BCUT2D eigenvalue weighted by atomic mass is 10.0. The average molecular weight is 326 g/mol. The average Bonchev–Trinajstić information content (AvgIpc) is 2.51. The molecule has 3 rings (SSSR count). The first-order valence-corrected chi connectivity index (χ1v) is 9.31. The number of benzene rings is 1. The van der Waals surface area contributed by atoms with E-state index in [2.05, 4.69) is 31.4 Å². The Hall–Kier alpha value is -0.560. The summed E-state index contributed by atoms with van der Waals surface area (Å²) in [5, 5.41) is 1.81. The minimum absolute atomic E-state index is 0.133. The highest BCUT2D eigenvalue weighted by molar-refractivity contribution is 8.07. The van der Waals surface area contributed by atoms with Crippen LogP contribution >= 0.6 is 23.5 Å². The van der Waals surface area contributed by atoms with E-state index in [-0.39, 0.29) is 6.04 Å². The molecular formula is C15H22N2O2S2. The Kier molecular flexibility index (Phi) is 4.88. The molecule has 3 N–H and O–H groups in total. The molecule has 6 heteroatoms. The summed E-state index contributed by atoms with van der Waals surface area (Å²) in [5.74, 6) is 8.61. The number of thioether (sulfide) groups is 2. The zero-order chi connectivity index (χ0) is 14.8. The molecule has 1 aromatic rings. The SMILES string of the molecule is CC1SCC(C(NN)c2ccc3c(c2)OCCO3)SC1C. The highest BCUT2D eigenvalue weighted by atomic mass is 32.2. The molecule has 4 nitrogen and oxygen atoms in total. The number of ether oxygens (including phenoxy) is 2. The Labute approximate surface area is 134 Å². The van der Waals surface area contributed by atoms with Crippen molar-refractivity contribution in [2.75, 3.05) is 19.0 Å². The van der Waals surface area contributed by atoms with Crippen molar-refractivity contribution in [2.45, 2.75) is 35.6 Å². The van der Waals surface area contributed by atoms with Gasteiger partial charge in [0.2, 0.25) is 0 Å². The molecule has 0 bridgehead atoms. The zero-order valence-corrected chi connectivity index (χ0v) is 14.0. The van der Waals surface area contributed by atoms with E-state index in [1.807, 2.05) is 29.6 Å². The van der Waals surface area contributed by atoms with E-state index in [4.69, 9.17) is 15.3 Å². The molecule has 116 valence electrons. The van der Waals surface area contributed by atoms with Gasteiger partial charge in [-0.25, -0.2) is 0 Å². The molecule has 2 aliphatic heterocycles. The topological polar surface area (TPSA) is 56.5 Å². The minimum Gasteiger partial charge on any atom is -0.486 e.